The van der Waals surface area contributed by atoms with Crippen LogP contribution in [-0.2, 0) is 9.59 Å². The van der Waals surface area contributed by atoms with E-state index in [0.717, 1.165) is 18.7 Å². The molecule has 0 unspecified atom stereocenters. The zero-order chi connectivity index (χ0) is 23.6. The number of unbranched alkanes of at least 4 members (excludes halogenated alkanes) is 13. The number of Topliss-reactive ketones (excluding diaryl/α,β-unsaturated/α-hetero) is 3. The van der Waals surface area contributed by atoms with Gasteiger partial charge in [-0.15, -0.1) is 0 Å². The highest BCUT2D eigenvalue weighted by molar-refractivity contribution is 6.23. The van der Waals surface area contributed by atoms with E-state index in [1.807, 2.05) is 12.1 Å². The number of nitrogens with one attached hydrogen (secondary N) is 1. The van der Waals surface area contributed by atoms with Crippen LogP contribution < -0.4 is 5.32 Å². The Bertz CT molecular complexity index is 652. The fourth-order valence-corrected chi connectivity index (χ4v) is 4.13. The summed E-state index contributed by atoms with van der Waals surface area (Å²) in [6.07, 6.45) is 18.9. The normalized spacial score (nSPS) is 11.0. The van der Waals surface area contributed by atoms with E-state index in [9.17, 15) is 14.4 Å². The van der Waals surface area contributed by atoms with Gasteiger partial charge in [0, 0.05) is 17.8 Å². The molecule has 0 radical (unpaired) electrons. The fourth-order valence-electron chi connectivity index (χ4n) is 4.13. The quantitative estimate of drug-likeness (QED) is 0.128. The molecular formula is C28H45NO3. The van der Waals surface area contributed by atoms with E-state index in [0.29, 0.717) is 5.56 Å². The van der Waals surface area contributed by atoms with Crippen LogP contribution in [0.25, 0.3) is 0 Å². The molecule has 4 nitrogen and oxygen atoms in total. The smallest absolute Gasteiger partial charge is 0.180 e. The molecule has 0 amide bonds. The van der Waals surface area contributed by atoms with Gasteiger partial charge in [-0.3, -0.25) is 14.4 Å². The lowest BCUT2D eigenvalue weighted by atomic mass is 9.91. The minimum absolute atomic E-state index is 0.400. The van der Waals surface area contributed by atoms with Gasteiger partial charge in [-0.25, -0.2) is 0 Å². The molecule has 4 heteroatoms. The van der Waals surface area contributed by atoms with Crippen molar-refractivity contribution in [2.45, 2.75) is 111 Å². The van der Waals surface area contributed by atoms with Gasteiger partial charge in [0.2, 0.25) is 0 Å². The molecule has 32 heavy (non-hydrogen) atoms. The summed E-state index contributed by atoms with van der Waals surface area (Å²) in [5.74, 6) is -2.39. The van der Waals surface area contributed by atoms with Gasteiger partial charge < -0.3 is 5.32 Å². The summed E-state index contributed by atoms with van der Waals surface area (Å²) in [5.41, 5.74) is 1.36. The molecule has 1 aromatic carbocycles. The van der Waals surface area contributed by atoms with Crippen molar-refractivity contribution in [3.8, 4) is 0 Å². The second-order valence-electron chi connectivity index (χ2n) is 9.12. The van der Waals surface area contributed by atoms with E-state index in [1.165, 1.54) is 97.3 Å². The number of rotatable bonds is 20. The standard InChI is InChI=1S/C28H45NO3/c1-4-5-6-7-8-9-10-11-12-13-14-15-16-17-22-29-26-20-18-25(19-21-26)28(32)27(23(2)30)24(3)31/h18-21,27,29H,4-17,22H2,1-3H3. The van der Waals surface area contributed by atoms with Crippen LogP contribution in [0.3, 0.4) is 0 Å². The first-order chi connectivity index (χ1) is 15.5. The maximum absolute atomic E-state index is 12.4. The van der Waals surface area contributed by atoms with Crippen molar-refractivity contribution in [3.05, 3.63) is 29.8 Å². The molecule has 1 aromatic rings. The van der Waals surface area contributed by atoms with Crippen molar-refractivity contribution in [3.63, 3.8) is 0 Å². The average Bonchev–Trinajstić information content (AvgIpc) is 2.76. The van der Waals surface area contributed by atoms with Crippen molar-refractivity contribution in [2.24, 2.45) is 5.92 Å². The molecule has 0 heterocycles. The van der Waals surface area contributed by atoms with Crippen LogP contribution in [0.15, 0.2) is 24.3 Å². The summed E-state index contributed by atoms with van der Waals surface area (Å²) in [7, 11) is 0. The lowest BCUT2D eigenvalue weighted by Crippen LogP contribution is -2.28. The third-order valence-corrected chi connectivity index (χ3v) is 6.10. The van der Waals surface area contributed by atoms with Crippen molar-refractivity contribution in [1.29, 1.82) is 0 Å². The maximum atomic E-state index is 12.4. The van der Waals surface area contributed by atoms with Crippen molar-refractivity contribution in [2.75, 3.05) is 11.9 Å². The topological polar surface area (TPSA) is 63.2 Å². The van der Waals surface area contributed by atoms with E-state index in [-0.39, 0.29) is 0 Å². The Hall–Kier alpha value is -1.97. The van der Waals surface area contributed by atoms with Crippen LogP contribution in [0.2, 0.25) is 0 Å². The highest BCUT2D eigenvalue weighted by Crippen LogP contribution is 2.16. The minimum Gasteiger partial charge on any atom is -0.385 e. The zero-order valence-corrected chi connectivity index (χ0v) is 20.7. The minimum atomic E-state index is -1.18. The Kier molecular flexibility index (Phi) is 15.4. The monoisotopic (exact) mass is 443 g/mol. The Morgan fingerprint density at radius 2 is 1.06 bits per heavy atom. The van der Waals surface area contributed by atoms with Gasteiger partial charge in [0.1, 0.15) is 17.5 Å². The summed E-state index contributed by atoms with van der Waals surface area (Å²) in [4.78, 5) is 35.5. The molecule has 0 atom stereocenters. The largest absolute Gasteiger partial charge is 0.385 e. The van der Waals surface area contributed by atoms with Gasteiger partial charge in [0.25, 0.3) is 0 Å². The van der Waals surface area contributed by atoms with Gasteiger partial charge in [-0.2, -0.15) is 0 Å². The SMILES string of the molecule is CCCCCCCCCCCCCCCCNc1ccc(C(=O)C(C(C)=O)C(C)=O)cc1. The highest BCUT2D eigenvalue weighted by Gasteiger charge is 2.28. The third-order valence-electron chi connectivity index (χ3n) is 6.10. The van der Waals surface area contributed by atoms with E-state index in [4.69, 9.17) is 0 Å². The van der Waals surface area contributed by atoms with E-state index < -0.39 is 23.3 Å². The van der Waals surface area contributed by atoms with Crippen LogP contribution in [-0.4, -0.2) is 23.9 Å². The Balaban J connectivity index is 2.06. The summed E-state index contributed by atoms with van der Waals surface area (Å²) < 4.78 is 0. The maximum Gasteiger partial charge on any atom is 0.180 e. The van der Waals surface area contributed by atoms with E-state index in [2.05, 4.69) is 12.2 Å². The van der Waals surface area contributed by atoms with Crippen molar-refractivity contribution in [1.82, 2.24) is 0 Å². The van der Waals surface area contributed by atoms with Crippen molar-refractivity contribution < 1.29 is 14.4 Å². The Morgan fingerprint density at radius 1 is 0.656 bits per heavy atom. The van der Waals surface area contributed by atoms with Gasteiger partial charge in [0.05, 0.1) is 0 Å². The first-order valence-electron chi connectivity index (χ1n) is 12.9. The molecule has 0 aliphatic carbocycles. The summed E-state index contributed by atoms with van der Waals surface area (Å²) in [6.45, 7) is 5.76. The lowest BCUT2D eigenvalue weighted by Gasteiger charge is -2.10. The zero-order valence-electron chi connectivity index (χ0n) is 20.7. The number of carbonyl (C=O) groups is 3. The predicted molar refractivity (Wildman–Crippen MR) is 134 cm³/mol. The summed E-state index contributed by atoms with van der Waals surface area (Å²) in [5, 5.41) is 3.38. The molecule has 1 N–H and O–H groups in total. The van der Waals surface area contributed by atoms with Crippen LogP contribution in [0.4, 0.5) is 5.69 Å². The molecule has 0 spiro atoms. The molecule has 0 saturated carbocycles. The van der Waals surface area contributed by atoms with Gasteiger partial charge in [-0.05, 0) is 44.5 Å². The molecule has 0 fully saturated rings. The number of hydrogen-bond donors (Lipinski definition) is 1. The fraction of sp³-hybridized carbons (Fsp3) is 0.679. The van der Waals surface area contributed by atoms with Gasteiger partial charge in [-0.1, -0.05) is 90.4 Å². The number of hydrogen-bond acceptors (Lipinski definition) is 4. The second kappa shape index (κ2) is 17.6. The second-order valence-corrected chi connectivity index (χ2v) is 9.12. The van der Waals surface area contributed by atoms with Gasteiger partial charge in [0.15, 0.2) is 5.78 Å². The van der Waals surface area contributed by atoms with Gasteiger partial charge >= 0.3 is 0 Å². The first-order valence-corrected chi connectivity index (χ1v) is 12.9. The molecule has 0 aliphatic heterocycles. The summed E-state index contributed by atoms with van der Waals surface area (Å²) in [6, 6.07) is 7.06. The molecule has 0 aliphatic rings. The van der Waals surface area contributed by atoms with Crippen LogP contribution in [0, 0.1) is 5.92 Å². The third kappa shape index (κ3) is 12.2. The molecular weight excluding hydrogens is 398 g/mol. The number of carbonyl (C=O) groups excluding carboxylic acids is 3. The number of ketones is 3. The molecule has 0 aromatic heterocycles. The first kappa shape index (κ1) is 28.1. The van der Waals surface area contributed by atoms with Crippen molar-refractivity contribution >= 4 is 23.0 Å². The number of anilines is 1. The molecule has 0 saturated heterocycles. The molecule has 1 rings (SSSR count). The highest BCUT2D eigenvalue weighted by atomic mass is 16.2. The molecule has 0 bridgehead atoms. The van der Waals surface area contributed by atoms with E-state index in [1.54, 1.807) is 12.1 Å². The predicted octanol–water partition coefficient (Wildman–Crippen LogP) is 7.56. The lowest BCUT2D eigenvalue weighted by molar-refractivity contribution is -0.128. The van der Waals surface area contributed by atoms with Crippen LogP contribution >= 0.6 is 0 Å². The van der Waals surface area contributed by atoms with Crippen LogP contribution in [0.5, 0.6) is 0 Å². The number of benzene rings is 1. The molecule has 180 valence electrons. The van der Waals surface area contributed by atoms with E-state index >= 15 is 0 Å². The van der Waals surface area contributed by atoms with Crippen LogP contribution in [0.1, 0.15) is 121 Å². The average molecular weight is 444 g/mol. The Morgan fingerprint density at radius 3 is 1.47 bits per heavy atom. The Labute approximate surface area is 195 Å². The summed E-state index contributed by atoms with van der Waals surface area (Å²) >= 11 is 0.